The zero-order chi connectivity index (χ0) is 17.6. The Bertz CT molecular complexity index is 820. The van der Waals surface area contributed by atoms with Gasteiger partial charge in [0, 0.05) is 43.1 Å². The van der Waals surface area contributed by atoms with E-state index in [2.05, 4.69) is 50.3 Å². The van der Waals surface area contributed by atoms with Crippen LogP contribution in [0.15, 0.2) is 28.8 Å². The van der Waals surface area contributed by atoms with Gasteiger partial charge in [0.2, 0.25) is 0 Å². The molecule has 0 aliphatic heterocycles. The van der Waals surface area contributed by atoms with Crippen LogP contribution in [0.1, 0.15) is 30.4 Å². The van der Waals surface area contributed by atoms with Crippen LogP contribution in [-0.4, -0.2) is 38.2 Å². The van der Waals surface area contributed by atoms with E-state index in [1.807, 2.05) is 29.1 Å². The Labute approximate surface area is 174 Å². The van der Waals surface area contributed by atoms with Crippen molar-refractivity contribution in [3.8, 4) is 0 Å². The fourth-order valence-corrected chi connectivity index (χ4v) is 3.41. The Morgan fingerprint density at radius 2 is 2.15 bits per heavy atom. The molecule has 9 heteroatoms. The maximum absolute atomic E-state index is 4.63. The Hall–Kier alpha value is -1.62. The Balaban J connectivity index is 0.00000243. The van der Waals surface area contributed by atoms with E-state index < -0.39 is 0 Å². The third kappa shape index (κ3) is 5.44. The lowest BCUT2D eigenvalue weighted by molar-refractivity contribution is 0.555. The van der Waals surface area contributed by atoms with Crippen molar-refractivity contribution in [3.63, 3.8) is 0 Å². The van der Waals surface area contributed by atoms with Crippen LogP contribution in [0.3, 0.4) is 0 Å². The molecule has 3 aromatic heterocycles. The number of imidazole rings is 1. The van der Waals surface area contributed by atoms with Gasteiger partial charge in [-0.15, -0.1) is 35.3 Å². The molecule has 3 rings (SSSR count). The molecule has 0 saturated heterocycles. The van der Waals surface area contributed by atoms with Gasteiger partial charge in [0.15, 0.2) is 10.9 Å². The Morgan fingerprint density at radius 1 is 1.31 bits per heavy atom. The Kier molecular flexibility index (Phi) is 7.88. The Morgan fingerprint density at radius 3 is 2.85 bits per heavy atom. The molecule has 3 heterocycles. The number of aryl methyl sites for hydroxylation is 3. The summed E-state index contributed by atoms with van der Waals surface area (Å²) in [7, 11) is 0. The van der Waals surface area contributed by atoms with Crippen LogP contribution in [0.25, 0.3) is 4.96 Å². The minimum atomic E-state index is 0. The summed E-state index contributed by atoms with van der Waals surface area (Å²) in [5.41, 5.74) is 3.25. The lowest BCUT2D eigenvalue weighted by Crippen LogP contribution is -2.38. The molecule has 7 nitrogen and oxygen atoms in total. The summed E-state index contributed by atoms with van der Waals surface area (Å²) in [5.74, 6) is 0.826. The van der Waals surface area contributed by atoms with Gasteiger partial charge in [-0.2, -0.15) is 5.10 Å². The molecule has 0 aliphatic rings. The number of guanidine groups is 1. The number of thiazole rings is 1. The highest BCUT2D eigenvalue weighted by molar-refractivity contribution is 14.0. The number of fused-ring (bicyclic) bond motifs is 1. The molecule has 0 unspecified atom stereocenters. The monoisotopic (exact) mass is 487 g/mol. The largest absolute Gasteiger partial charge is 0.357 e. The van der Waals surface area contributed by atoms with E-state index in [1.165, 1.54) is 5.69 Å². The average Bonchev–Trinajstić information content (AvgIpc) is 3.24. The van der Waals surface area contributed by atoms with Crippen LogP contribution in [0, 0.1) is 13.8 Å². The van der Waals surface area contributed by atoms with Crippen molar-refractivity contribution in [2.75, 3.05) is 13.1 Å². The van der Waals surface area contributed by atoms with Gasteiger partial charge in [-0.1, -0.05) is 0 Å². The topological polar surface area (TPSA) is 71.5 Å². The molecule has 0 atom stereocenters. The third-order valence-corrected chi connectivity index (χ3v) is 4.60. The SMILES string of the molecule is CCNC(=NCc1cn2ccsc2n1)NCCCn1nc(C)cc1C.I. The summed E-state index contributed by atoms with van der Waals surface area (Å²) < 4.78 is 4.09. The molecule has 0 amide bonds. The number of rotatable bonds is 7. The molecular weight excluding hydrogens is 461 g/mol. The molecule has 3 aromatic rings. The fourth-order valence-electron chi connectivity index (χ4n) is 2.69. The van der Waals surface area contributed by atoms with Gasteiger partial charge in [-0.25, -0.2) is 9.98 Å². The molecule has 0 radical (unpaired) electrons. The van der Waals surface area contributed by atoms with Crippen LogP contribution in [0.5, 0.6) is 0 Å². The number of aromatic nitrogens is 4. The van der Waals surface area contributed by atoms with E-state index in [-0.39, 0.29) is 24.0 Å². The van der Waals surface area contributed by atoms with E-state index in [9.17, 15) is 0 Å². The molecule has 0 spiro atoms. The highest BCUT2D eigenvalue weighted by Gasteiger charge is 2.04. The second-order valence-corrected chi connectivity index (χ2v) is 6.82. The van der Waals surface area contributed by atoms with Crippen molar-refractivity contribution >= 4 is 46.2 Å². The van der Waals surface area contributed by atoms with Gasteiger partial charge < -0.3 is 10.6 Å². The highest BCUT2D eigenvalue weighted by Crippen LogP contribution is 2.11. The second-order valence-electron chi connectivity index (χ2n) is 5.95. The number of aliphatic imine (C=N–C) groups is 1. The molecule has 0 fully saturated rings. The summed E-state index contributed by atoms with van der Waals surface area (Å²) in [6.07, 6.45) is 5.04. The average molecular weight is 487 g/mol. The van der Waals surface area contributed by atoms with Crippen molar-refractivity contribution < 1.29 is 0 Å². The summed E-state index contributed by atoms with van der Waals surface area (Å²) in [5, 5.41) is 13.2. The van der Waals surface area contributed by atoms with Crippen LogP contribution < -0.4 is 10.6 Å². The predicted octanol–water partition coefficient (Wildman–Crippen LogP) is 2.97. The second kappa shape index (κ2) is 9.91. The third-order valence-electron chi connectivity index (χ3n) is 3.83. The number of nitrogens with zero attached hydrogens (tertiary/aromatic N) is 5. The summed E-state index contributed by atoms with van der Waals surface area (Å²) in [6.45, 7) is 9.35. The molecule has 0 aliphatic carbocycles. The summed E-state index contributed by atoms with van der Waals surface area (Å²) in [4.78, 5) is 10.2. The van der Waals surface area contributed by atoms with Crippen molar-refractivity contribution in [3.05, 3.63) is 40.9 Å². The molecule has 0 saturated carbocycles. The fraction of sp³-hybridized carbons (Fsp3) is 0.471. The van der Waals surface area contributed by atoms with E-state index in [1.54, 1.807) is 11.3 Å². The first-order valence-corrected chi connectivity index (χ1v) is 9.48. The maximum Gasteiger partial charge on any atom is 0.193 e. The van der Waals surface area contributed by atoms with E-state index >= 15 is 0 Å². The van der Waals surface area contributed by atoms with Gasteiger partial charge in [-0.05, 0) is 33.3 Å². The molecule has 2 N–H and O–H groups in total. The first kappa shape index (κ1) is 20.7. The van der Waals surface area contributed by atoms with Gasteiger partial charge in [-0.3, -0.25) is 9.08 Å². The van der Waals surface area contributed by atoms with Gasteiger partial charge >= 0.3 is 0 Å². The van der Waals surface area contributed by atoms with Crippen molar-refractivity contribution in [1.82, 2.24) is 29.8 Å². The van der Waals surface area contributed by atoms with Crippen LogP contribution in [0.4, 0.5) is 0 Å². The van der Waals surface area contributed by atoms with Crippen LogP contribution >= 0.6 is 35.3 Å². The molecule has 0 aromatic carbocycles. The molecule has 26 heavy (non-hydrogen) atoms. The number of nitrogens with one attached hydrogen (secondary N) is 2. The van der Waals surface area contributed by atoms with Crippen LogP contribution in [0.2, 0.25) is 0 Å². The molecule has 142 valence electrons. The summed E-state index contributed by atoms with van der Waals surface area (Å²) >= 11 is 1.63. The lowest BCUT2D eigenvalue weighted by Gasteiger charge is -2.11. The van der Waals surface area contributed by atoms with Gasteiger partial charge in [0.25, 0.3) is 0 Å². The van der Waals surface area contributed by atoms with Crippen LogP contribution in [-0.2, 0) is 13.1 Å². The quantitative estimate of drug-likeness (QED) is 0.233. The lowest BCUT2D eigenvalue weighted by atomic mass is 10.4. The first-order valence-electron chi connectivity index (χ1n) is 8.60. The normalized spacial score (nSPS) is 11.6. The van der Waals surface area contributed by atoms with E-state index in [4.69, 9.17) is 0 Å². The van der Waals surface area contributed by atoms with Crippen molar-refractivity contribution in [2.24, 2.45) is 4.99 Å². The minimum absolute atomic E-state index is 0. The maximum atomic E-state index is 4.63. The zero-order valence-corrected chi connectivity index (χ0v) is 18.5. The minimum Gasteiger partial charge on any atom is -0.357 e. The zero-order valence-electron chi connectivity index (χ0n) is 15.4. The smallest absolute Gasteiger partial charge is 0.193 e. The van der Waals surface area contributed by atoms with Gasteiger partial charge in [0.1, 0.15) is 0 Å². The standard InChI is InChI=1S/C17H25N7S.HI/c1-4-18-16(19-6-5-7-24-14(3)10-13(2)22-24)20-11-15-12-23-8-9-25-17(23)21-15;/h8-10,12H,4-7,11H2,1-3H3,(H2,18,19,20);1H. The highest BCUT2D eigenvalue weighted by atomic mass is 127. The molecule has 0 bridgehead atoms. The van der Waals surface area contributed by atoms with Crippen molar-refractivity contribution in [1.29, 1.82) is 0 Å². The number of hydrogen-bond acceptors (Lipinski definition) is 4. The first-order chi connectivity index (χ1) is 12.2. The predicted molar refractivity (Wildman–Crippen MR) is 118 cm³/mol. The number of halogens is 1. The summed E-state index contributed by atoms with van der Waals surface area (Å²) in [6, 6.07) is 2.11. The van der Waals surface area contributed by atoms with Crippen molar-refractivity contribution in [2.45, 2.75) is 40.3 Å². The number of hydrogen-bond donors (Lipinski definition) is 2. The van der Waals surface area contributed by atoms with E-state index in [0.717, 1.165) is 48.4 Å². The van der Waals surface area contributed by atoms with Gasteiger partial charge in [0.05, 0.1) is 17.9 Å². The van der Waals surface area contributed by atoms with E-state index in [0.29, 0.717) is 6.54 Å². The molecular formula is C17H26IN7S.